The van der Waals surface area contributed by atoms with Gasteiger partial charge in [0.1, 0.15) is 5.82 Å². The molecule has 4 rings (SSSR count). The first kappa shape index (κ1) is 19.4. The predicted molar refractivity (Wildman–Crippen MR) is 111 cm³/mol. The lowest BCUT2D eigenvalue weighted by atomic mass is 10.0. The third-order valence-electron chi connectivity index (χ3n) is 5.37. The molecule has 5 nitrogen and oxygen atoms in total. The maximum Gasteiger partial charge on any atom is 0.226 e. The second-order valence-electron chi connectivity index (χ2n) is 8.03. The molecule has 0 spiro atoms. The van der Waals surface area contributed by atoms with E-state index in [2.05, 4.69) is 17.3 Å². The summed E-state index contributed by atoms with van der Waals surface area (Å²) in [5.74, 6) is -0.0594. The highest BCUT2D eigenvalue weighted by Crippen LogP contribution is 2.32. The van der Waals surface area contributed by atoms with E-state index in [1.54, 1.807) is 11.0 Å². The first-order valence-electron chi connectivity index (χ1n) is 10.0. The molecular weight excluding hydrogens is 369 g/mol. The molecule has 2 aromatic rings. The van der Waals surface area contributed by atoms with E-state index in [9.17, 15) is 9.18 Å². The van der Waals surface area contributed by atoms with Crippen molar-refractivity contribution in [1.82, 2.24) is 4.90 Å². The van der Waals surface area contributed by atoms with E-state index < -0.39 is 0 Å². The fraction of sp³-hybridized carbons (Fsp3) is 0.391. The Kier molecular flexibility index (Phi) is 5.51. The molecule has 2 aliphatic rings. The molecule has 0 aromatic heterocycles. The Morgan fingerprint density at radius 2 is 1.93 bits per heavy atom. The number of hydrogen-bond donors (Lipinski definition) is 0. The molecule has 1 fully saturated rings. The van der Waals surface area contributed by atoms with Crippen LogP contribution in [-0.2, 0) is 16.2 Å². The van der Waals surface area contributed by atoms with Crippen molar-refractivity contribution in [3.8, 4) is 0 Å². The maximum atomic E-state index is 13.6. The largest absolute Gasteiger partial charge is 0.390 e. The zero-order valence-electron chi connectivity index (χ0n) is 16.8. The van der Waals surface area contributed by atoms with Gasteiger partial charge in [0.05, 0.1) is 12.3 Å². The molecule has 0 N–H and O–H groups in total. The zero-order valence-corrected chi connectivity index (χ0v) is 16.8. The van der Waals surface area contributed by atoms with Crippen molar-refractivity contribution in [3.05, 3.63) is 65.5 Å². The molecule has 6 heteroatoms. The maximum absolute atomic E-state index is 13.6. The molecule has 1 unspecified atom stereocenters. The number of anilines is 1. The predicted octanol–water partition coefficient (Wildman–Crippen LogP) is 3.82. The lowest BCUT2D eigenvalue weighted by Gasteiger charge is -2.25. The molecule has 0 bridgehead atoms. The summed E-state index contributed by atoms with van der Waals surface area (Å²) in [6, 6.07) is 14.6. The van der Waals surface area contributed by atoms with Crippen LogP contribution in [0.15, 0.2) is 53.7 Å². The minimum absolute atomic E-state index is 0.101. The van der Waals surface area contributed by atoms with E-state index in [-0.39, 0.29) is 23.7 Å². The Morgan fingerprint density at radius 1 is 1.17 bits per heavy atom. The van der Waals surface area contributed by atoms with Crippen molar-refractivity contribution in [2.75, 3.05) is 25.5 Å². The van der Waals surface area contributed by atoms with Crippen molar-refractivity contribution >= 4 is 17.3 Å². The van der Waals surface area contributed by atoms with Gasteiger partial charge in [-0.3, -0.25) is 4.79 Å². The van der Waals surface area contributed by atoms with Crippen LogP contribution in [0.25, 0.3) is 0 Å². The number of oxime groups is 1. The summed E-state index contributed by atoms with van der Waals surface area (Å²) < 4.78 is 13.6. The fourth-order valence-electron chi connectivity index (χ4n) is 3.57. The third kappa shape index (κ3) is 4.75. The lowest BCUT2D eigenvalue weighted by molar-refractivity contribution is -0.135. The molecule has 1 amide bonds. The Labute approximate surface area is 170 Å². The van der Waals surface area contributed by atoms with E-state index in [0.29, 0.717) is 19.5 Å². The molecule has 0 saturated heterocycles. The van der Waals surface area contributed by atoms with Crippen LogP contribution < -0.4 is 4.90 Å². The Bertz CT molecular complexity index is 907. The van der Waals surface area contributed by atoms with Crippen molar-refractivity contribution < 1.29 is 14.0 Å². The van der Waals surface area contributed by atoms with Crippen LogP contribution in [-0.4, -0.2) is 43.3 Å². The van der Waals surface area contributed by atoms with Crippen LogP contribution >= 0.6 is 0 Å². The SMILES string of the molecule is CN(C)c1ccc(C2=NOC(CN(Cc3cccc(F)c3)C(=O)C3CC3)C2)cc1. The molecule has 2 aromatic carbocycles. The summed E-state index contributed by atoms with van der Waals surface area (Å²) in [4.78, 5) is 22.3. The van der Waals surface area contributed by atoms with Crippen LogP contribution in [0.4, 0.5) is 10.1 Å². The van der Waals surface area contributed by atoms with Crippen molar-refractivity contribution in [2.45, 2.75) is 31.9 Å². The molecule has 1 saturated carbocycles. The summed E-state index contributed by atoms with van der Waals surface area (Å²) in [5, 5.41) is 4.26. The highest BCUT2D eigenvalue weighted by atomic mass is 19.1. The van der Waals surface area contributed by atoms with Gasteiger partial charge in [-0.1, -0.05) is 29.4 Å². The Morgan fingerprint density at radius 3 is 2.59 bits per heavy atom. The second-order valence-corrected chi connectivity index (χ2v) is 8.03. The molecule has 152 valence electrons. The van der Waals surface area contributed by atoms with E-state index >= 15 is 0 Å². The molecule has 1 heterocycles. The first-order valence-corrected chi connectivity index (χ1v) is 10.0. The number of halogens is 1. The van der Waals surface area contributed by atoms with E-state index in [1.165, 1.54) is 12.1 Å². The minimum Gasteiger partial charge on any atom is -0.390 e. The van der Waals surface area contributed by atoms with Crippen molar-refractivity contribution in [1.29, 1.82) is 0 Å². The summed E-state index contributed by atoms with van der Waals surface area (Å²) in [6.45, 7) is 0.842. The van der Waals surface area contributed by atoms with Gasteiger partial charge < -0.3 is 14.6 Å². The van der Waals surface area contributed by atoms with Gasteiger partial charge in [0.2, 0.25) is 5.91 Å². The lowest BCUT2D eigenvalue weighted by Crippen LogP contribution is -2.38. The molecule has 29 heavy (non-hydrogen) atoms. The van der Waals surface area contributed by atoms with E-state index in [4.69, 9.17) is 4.84 Å². The van der Waals surface area contributed by atoms with Crippen molar-refractivity contribution in [3.63, 3.8) is 0 Å². The van der Waals surface area contributed by atoms with Crippen LogP contribution in [0.1, 0.15) is 30.4 Å². The number of nitrogens with zero attached hydrogens (tertiary/aromatic N) is 3. The topological polar surface area (TPSA) is 45.1 Å². The summed E-state index contributed by atoms with van der Waals surface area (Å²) in [7, 11) is 4.01. The van der Waals surface area contributed by atoms with Gasteiger partial charge in [-0.05, 0) is 48.2 Å². The molecule has 0 radical (unpaired) electrons. The van der Waals surface area contributed by atoms with E-state index in [0.717, 1.165) is 35.4 Å². The van der Waals surface area contributed by atoms with Crippen molar-refractivity contribution in [2.24, 2.45) is 11.1 Å². The van der Waals surface area contributed by atoms with Crippen LogP contribution in [0.5, 0.6) is 0 Å². The summed E-state index contributed by atoms with van der Waals surface area (Å²) >= 11 is 0. The number of amides is 1. The Hall–Kier alpha value is -2.89. The first-order chi connectivity index (χ1) is 14.0. The average Bonchev–Trinajstić information content (AvgIpc) is 3.46. The number of carbonyl (C=O) groups is 1. The van der Waals surface area contributed by atoms with Gasteiger partial charge in [0.25, 0.3) is 0 Å². The molecule has 1 atom stereocenters. The summed E-state index contributed by atoms with van der Waals surface area (Å²) in [5.41, 5.74) is 3.84. The third-order valence-corrected chi connectivity index (χ3v) is 5.37. The van der Waals surface area contributed by atoms with Gasteiger partial charge in [-0.15, -0.1) is 0 Å². The molecule has 1 aliphatic heterocycles. The minimum atomic E-state index is -0.287. The van der Waals surface area contributed by atoms with Gasteiger partial charge in [0, 0.05) is 38.7 Å². The standard InChI is InChI=1S/C23H26FN3O2/c1-26(2)20-10-8-17(9-11-20)22-13-21(29-25-22)15-27(23(28)18-6-7-18)14-16-4-3-5-19(24)12-16/h3-5,8-12,18,21H,6-7,13-15H2,1-2H3. The quantitative estimate of drug-likeness (QED) is 0.716. The monoisotopic (exact) mass is 395 g/mol. The smallest absolute Gasteiger partial charge is 0.226 e. The fourth-order valence-corrected chi connectivity index (χ4v) is 3.57. The van der Waals surface area contributed by atoms with E-state index in [1.807, 2.05) is 37.2 Å². The number of hydrogen-bond acceptors (Lipinski definition) is 4. The van der Waals surface area contributed by atoms with Crippen LogP contribution in [0, 0.1) is 11.7 Å². The average molecular weight is 395 g/mol. The zero-order chi connectivity index (χ0) is 20.4. The summed E-state index contributed by atoms with van der Waals surface area (Å²) in [6.07, 6.45) is 2.34. The number of rotatable bonds is 7. The Balaban J connectivity index is 1.41. The second kappa shape index (κ2) is 8.23. The normalized spacial score (nSPS) is 18.2. The van der Waals surface area contributed by atoms with Gasteiger partial charge in [0.15, 0.2) is 6.10 Å². The molecular formula is C23H26FN3O2. The van der Waals surface area contributed by atoms with Gasteiger partial charge in [-0.25, -0.2) is 4.39 Å². The van der Waals surface area contributed by atoms with Crippen LogP contribution in [0.2, 0.25) is 0 Å². The number of carbonyl (C=O) groups excluding carboxylic acids is 1. The van der Waals surface area contributed by atoms with Gasteiger partial charge >= 0.3 is 0 Å². The van der Waals surface area contributed by atoms with Gasteiger partial charge in [-0.2, -0.15) is 0 Å². The molecule has 1 aliphatic carbocycles. The highest BCUT2D eigenvalue weighted by molar-refractivity contribution is 6.01. The highest BCUT2D eigenvalue weighted by Gasteiger charge is 2.35. The van der Waals surface area contributed by atoms with Crippen LogP contribution in [0.3, 0.4) is 0 Å². The number of benzene rings is 2.